The third-order valence-electron chi connectivity index (χ3n) is 9.82. The van der Waals surface area contributed by atoms with Gasteiger partial charge in [0.05, 0.1) is 34.9 Å². The second kappa shape index (κ2) is 16.3. The minimum atomic E-state index is -4.06. The molecule has 0 bridgehead atoms. The summed E-state index contributed by atoms with van der Waals surface area (Å²) >= 11 is 0. The maximum absolute atomic E-state index is 14.6. The lowest BCUT2D eigenvalue weighted by molar-refractivity contribution is -0.181. The van der Waals surface area contributed by atoms with E-state index in [0.29, 0.717) is 20.3 Å². The average Bonchev–Trinajstić information content (AvgIpc) is 3.67. The summed E-state index contributed by atoms with van der Waals surface area (Å²) in [5.74, 6) is -3.26. The molecule has 306 valence electrons. The molecule has 2 unspecified atom stereocenters. The van der Waals surface area contributed by atoms with Crippen molar-refractivity contribution in [3.05, 3.63) is 102 Å². The summed E-state index contributed by atoms with van der Waals surface area (Å²) in [6.07, 6.45) is -0.0268. The number of urea groups is 2. The number of hydrogen-bond donors (Lipinski definition) is 3. The van der Waals surface area contributed by atoms with E-state index in [9.17, 15) is 46.2 Å². The van der Waals surface area contributed by atoms with Gasteiger partial charge in [-0.05, 0) is 42.7 Å². The van der Waals surface area contributed by atoms with E-state index in [1.807, 2.05) is 0 Å². The van der Waals surface area contributed by atoms with Gasteiger partial charge in [0.25, 0.3) is 5.91 Å². The number of fused-ring (bicyclic) bond motifs is 1. The number of rotatable bonds is 13. The van der Waals surface area contributed by atoms with Crippen molar-refractivity contribution in [3.63, 3.8) is 0 Å². The first kappa shape index (κ1) is 41.3. The molecule has 6 rings (SSSR count). The fraction of sp³-hybridized carbons (Fsp3) is 0.324. The van der Waals surface area contributed by atoms with Crippen molar-refractivity contribution in [2.45, 2.75) is 54.9 Å². The van der Waals surface area contributed by atoms with Gasteiger partial charge < -0.3 is 30.2 Å². The maximum Gasteiger partial charge on any atom is 0.514 e. The minimum absolute atomic E-state index is 0.0146. The molecule has 21 heteroatoms. The van der Waals surface area contributed by atoms with Crippen molar-refractivity contribution < 1.29 is 60.4 Å². The predicted molar refractivity (Wildman–Crippen MR) is 202 cm³/mol. The van der Waals surface area contributed by atoms with Crippen LogP contribution in [0.4, 0.5) is 14.4 Å². The van der Waals surface area contributed by atoms with Crippen molar-refractivity contribution in [1.82, 2.24) is 30.1 Å². The molecule has 5 atom stereocenters. The second-order valence-corrected chi connectivity index (χ2v) is 17.8. The number of sulfonamides is 1. The third-order valence-corrected chi connectivity index (χ3v) is 13.2. The van der Waals surface area contributed by atoms with Crippen LogP contribution in [0.1, 0.15) is 36.6 Å². The molecular formula is C37H38N6O13S2. The molecule has 0 saturated carbocycles. The number of nitrogens with one attached hydrogen (secondary N) is 3. The quantitative estimate of drug-likeness (QED) is 0.0951. The molecule has 3 heterocycles. The van der Waals surface area contributed by atoms with Gasteiger partial charge in [-0.2, -0.15) is 0 Å². The molecule has 0 aliphatic carbocycles. The summed E-state index contributed by atoms with van der Waals surface area (Å²) in [6.45, 7) is 1.57. The second-order valence-electron chi connectivity index (χ2n) is 13.8. The Morgan fingerprint density at radius 2 is 1.48 bits per heavy atom. The van der Waals surface area contributed by atoms with E-state index in [4.69, 9.17) is 14.2 Å². The number of β-lactam (4-membered cyclic amide) rings is 1. The topological polar surface area (TPSA) is 244 Å². The smallest absolute Gasteiger partial charge is 0.458 e. The van der Waals surface area contributed by atoms with Crippen LogP contribution in [-0.2, 0) is 62.7 Å². The van der Waals surface area contributed by atoms with Gasteiger partial charge in [0, 0.05) is 0 Å². The summed E-state index contributed by atoms with van der Waals surface area (Å²) < 4.78 is 53.2. The van der Waals surface area contributed by atoms with Crippen LogP contribution in [0.25, 0.3) is 0 Å². The monoisotopic (exact) mass is 838 g/mol. The number of imide groups is 1. The molecule has 58 heavy (non-hydrogen) atoms. The van der Waals surface area contributed by atoms with Gasteiger partial charge in [0.1, 0.15) is 36.4 Å². The number of ether oxygens (including phenoxy) is 3. The molecule has 19 nitrogen and oxygen atoms in total. The molecule has 3 N–H and O–H groups in total. The van der Waals surface area contributed by atoms with E-state index in [2.05, 4.69) is 16.0 Å². The van der Waals surface area contributed by atoms with E-state index < -0.39 is 84.7 Å². The Morgan fingerprint density at radius 1 is 0.897 bits per heavy atom. The van der Waals surface area contributed by atoms with E-state index in [1.165, 1.54) is 38.1 Å². The van der Waals surface area contributed by atoms with E-state index in [-0.39, 0.29) is 44.0 Å². The van der Waals surface area contributed by atoms with Crippen molar-refractivity contribution in [2.24, 2.45) is 0 Å². The van der Waals surface area contributed by atoms with Crippen molar-refractivity contribution in [3.8, 4) is 5.75 Å². The average molecular weight is 839 g/mol. The molecule has 0 radical (unpaired) electrons. The summed E-state index contributed by atoms with van der Waals surface area (Å²) in [4.78, 5) is 94.6. The first-order valence-corrected chi connectivity index (χ1v) is 20.6. The zero-order valence-electron chi connectivity index (χ0n) is 31.2. The lowest BCUT2D eigenvalue weighted by atomic mass is 9.87. The van der Waals surface area contributed by atoms with Crippen molar-refractivity contribution in [2.75, 3.05) is 19.3 Å². The van der Waals surface area contributed by atoms with E-state index in [0.717, 1.165) is 11.2 Å². The lowest BCUT2D eigenvalue weighted by Crippen LogP contribution is -2.80. The summed E-state index contributed by atoms with van der Waals surface area (Å²) in [7, 11) is -6.19. The van der Waals surface area contributed by atoms with Crippen LogP contribution in [0.5, 0.6) is 5.75 Å². The van der Waals surface area contributed by atoms with E-state index in [1.54, 1.807) is 60.7 Å². The highest BCUT2D eigenvalue weighted by molar-refractivity contribution is 7.89. The van der Waals surface area contributed by atoms with Gasteiger partial charge in [-0.25, -0.2) is 36.8 Å². The first-order chi connectivity index (χ1) is 27.5. The Hall–Kier alpha value is -6.35. The molecule has 3 fully saturated rings. The fourth-order valence-electron chi connectivity index (χ4n) is 6.77. The largest absolute Gasteiger partial charge is 0.514 e. The SMILES string of the molecule is CC1(C)S(=O)[C@@H]2[C@@H](NC=O)C(=O)N2[C@@]1(NC(=O)C(NC(=O)N1CCN(S(C)(=O)=O)C1=O)c1ccc(OC(=O)OCc2ccccc2)cc1)C(=O)OCc1ccccc1. The summed E-state index contributed by atoms with van der Waals surface area (Å²) in [5.41, 5.74) is -1.28. The number of carbonyl (C=O) groups excluding carboxylic acids is 7. The van der Waals surface area contributed by atoms with Crippen LogP contribution < -0.4 is 20.7 Å². The molecule has 3 saturated heterocycles. The highest BCUT2D eigenvalue weighted by Crippen LogP contribution is 2.50. The zero-order chi connectivity index (χ0) is 42.0. The molecule has 3 aromatic rings. The molecule has 3 aromatic carbocycles. The van der Waals surface area contributed by atoms with Gasteiger partial charge >= 0.3 is 24.2 Å². The number of hydrogen-bond acceptors (Lipinski definition) is 13. The van der Waals surface area contributed by atoms with Crippen molar-refractivity contribution in [1.29, 1.82) is 0 Å². The van der Waals surface area contributed by atoms with Crippen LogP contribution in [-0.4, -0.2) is 110 Å². The highest BCUT2D eigenvalue weighted by atomic mass is 32.2. The van der Waals surface area contributed by atoms with Gasteiger partial charge in [-0.3, -0.25) is 23.5 Å². The van der Waals surface area contributed by atoms with Crippen LogP contribution >= 0.6 is 0 Å². The Kier molecular flexibility index (Phi) is 11.6. The number of esters is 1. The number of carbonyl (C=O) groups is 7. The van der Waals surface area contributed by atoms with Crippen LogP contribution in [0.3, 0.4) is 0 Å². The van der Waals surface area contributed by atoms with Crippen LogP contribution in [0, 0.1) is 0 Å². The maximum atomic E-state index is 14.6. The number of nitrogens with zero attached hydrogens (tertiary/aromatic N) is 3. The molecular weight excluding hydrogens is 801 g/mol. The standard InChI is InChI=1S/C37H38N6O13S2/c1-36(2)37(32(47)54-20-23-10-6-4-7-11-23,43-30(46)28(38-22-44)31(43)57(36)51)40-29(45)27(39-33(48)41-18-19-42(34(41)49)58(3,52)53)25-14-16-26(17-15-25)56-35(50)55-21-24-12-8-5-9-13-24/h4-17,22,27-28,31H,18-21H2,1-3H3,(H,38,44)(H,39,48)(H,40,45)/t27?,28-,31+,37-,57?/m0/s1. The summed E-state index contributed by atoms with van der Waals surface area (Å²) in [6, 6.07) is 16.8. The number of amides is 7. The minimum Gasteiger partial charge on any atom is -0.458 e. The predicted octanol–water partition coefficient (Wildman–Crippen LogP) is 1.23. The van der Waals surface area contributed by atoms with Gasteiger partial charge in [0.2, 0.25) is 28.0 Å². The molecule has 7 amide bonds. The van der Waals surface area contributed by atoms with Crippen LogP contribution in [0.2, 0.25) is 0 Å². The molecule has 3 aliphatic heterocycles. The highest BCUT2D eigenvalue weighted by Gasteiger charge is 2.77. The Labute approximate surface area is 334 Å². The van der Waals surface area contributed by atoms with Crippen LogP contribution in [0.15, 0.2) is 84.9 Å². The Balaban J connectivity index is 1.33. The number of benzene rings is 3. The van der Waals surface area contributed by atoms with Gasteiger partial charge in [0.15, 0.2) is 0 Å². The molecule has 3 aliphatic rings. The third kappa shape index (κ3) is 7.69. The molecule has 0 aromatic heterocycles. The fourth-order valence-corrected chi connectivity index (χ4v) is 9.59. The van der Waals surface area contributed by atoms with Gasteiger partial charge in [-0.1, -0.05) is 72.8 Å². The Bertz CT molecular complexity index is 2260. The summed E-state index contributed by atoms with van der Waals surface area (Å²) in [5, 5.41) is 5.96. The molecule has 0 spiro atoms. The Morgan fingerprint density at radius 3 is 2.03 bits per heavy atom. The first-order valence-electron chi connectivity index (χ1n) is 17.6. The zero-order valence-corrected chi connectivity index (χ0v) is 32.8. The van der Waals surface area contributed by atoms with E-state index >= 15 is 0 Å². The normalized spacial score (nSPS) is 22.5. The lowest BCUT2D eigenvalue weighted by Gasteiger charge is -2.49. The van der Waals surface area contributed by atoms with Gasteiger partial charge in [-0.15, -0.1) is 0 Å². The van der Waals surface area contributed by atoms with Crippen molar-refractivity contribution >= 4 is 63.2 Å².